The van der Waals surface area contributed by atoms with E-state index in [4.69, 9.17) is 9.47 Å². The number of nitrogens with one attached hydrogen (secondary N) is 1. The van der Waals surface area contributed by atoms with Crippen molar-refractivity contribution in [1.29, 1.82) is 0 Å². The highest BCUT2D eigenvalue weighted by molar-refractivity contribution is 5.93. The van der Waals surface area contributed by atoms with Gasteiger partial charge in [-0.05, 0) is 32.9 Å². The summed E-state index contributed by atoms with van der Waals surface area (Å²) in [4.78, 5) is 16.1. The molecule has 0 atom stereocenters. The highest BCUT2D eigenvalue weighted by Gasteiger charge is 2.11. The first-order valence-electron chi connectivity index (χ1n) is 8.19. The molecule has 5 nitrogen and oxygen atoms in total. The number of halogens is 2. The summed E-state index contributed by atoms with van der Waals surface area (Å²) in [6.45, 7) is 6.59. The third-order valence-electron chi connectivity index (χ3n) is 3.32. The standard InChI is InChI=1S/C19H22F2N2O3/c1-19(2,3)26-9-8-25-17-7-5-14(12-22-17)18(24)23-11-13-4-6-15(20)10-16(13)21/h4-7,10,12H,8-9,11H2,1-3H3,(H,23,24). The van der Waals surface area contributed by atoms with Crippen molar-refractivity contribution in [2.24, 2.45) is 0 Å². The zero-order valence-electron chi connectivity index (χ0n) is 15.0. The van der Waals surface area contributed by atoms with Crippen LogP contribution >= 0.6 is 0 Å². The van der Waals surface area contributed by atoms with Gasteiger partial charge in [-0.1, -0.05) is 6.07 Å². The molecule has 0 aliphatic carbocycles. The fraction of sp³-hybridized carbons (Fsp3) is 0.368. The van der Waals surface area contributed by atoms with Crippen molar-refractivity contribution in [3.8, 4) is 5.88 Å². The van der Waals surface area contributed by atoms with Crippen LogP contribution < -0.4 is 10.1 Å². The van der Waals surface area contributed by atoms with Crippen LogP contribution in [-0.4, -0.2) is 29.7 Å². The zero-order chi connectivity index (χ0) is 19.2. The Balaban J connectivity index is 1.82. The molecule has 1 N–H and O–H groups in total. The molecule has 0 fully saturated rings. The van der Waals surface area contributed by atoms with Crippen molar-refractivity contribution in [2.45, 2.75) is 32.9 Å². The lowest BCUT2D eigenvalue weighted by molar-refractivity contribution is -0.0168. The topological polar surface area (TPSA) is 60.5 Å². The predicted octanol–water partition coefficient (Wildman–Crippen LogP) is 3.48. The molecule has 140 valence electrons. The summed E-state index contributed by atoms with van der Waals surface area (Å²) in [6.07, 6.45) is 1.37. The van der Waals surface area contributed by atoms with E-state index in [1.807, 2.05) is 20.8 Å². The normalized spacial score (nSPS) is 11.3. The van der Waals surface area contributed by atoms with Crippen LogP contribution in [0.1, 0.15) is 36.7 Å². The Bertz CT molecular complexity index is 743. The van der Waals surface area contributed by atoms with Gasteiger partial charge in [0.25, 0.3) is 5.91 Å². The van der Waals surface area contributed by atoms with Gasteiger partial charge in [-0.25, -0.2) is 13.8 Å². The molecule has 2 aromatic rings. The maximum absolute atomic E-state index is 13.5. The highest BCUT2D eigenvalue weighted by atomic mass is 19.1. The Labute approximate surface area is 151 Å². The number of ether oxygens (including phenoxy) is 2. The van der Waals surface area contributed by atoms with Crippen LogP contribution in [0.15, 0.2) is 36.5 Å². The minimum Gasteiger partial charge on any atom is -0.475 e. The van der Waals surface area contributed by atoms with Gasteiger partial charge in [0.1, 0.15) is 18.2 Å². The summed E-state index contributed by atoms with van der Waals surface area (Å²) < 4.78 is 37.4. The average molecular weight is 364 g/mol. The van der Waals surface area contributed by atoms with Crippen LogP contribution in [0.25, 0.3) is 0 Å². The minimum atomic E-state index is -0.704. The number of benzene rings is 1. The van der Waals surface area contributed by atoms with E-state index < -0.39 is 17.5 Å². The van der Waals surface area contributed by atoms with E-state index in [2.05, 4.69) is 10.3 Å². The van der Waals surface area contributed by atoms with Crippen LogP contribution in [0.2, 0.25) is 0 Å². The van der Waals surface area contributed by atoms with E-state index in [0.717, 1.165) is 12.1 Å². The first-order chi connectivity index (χ1) is 12.2. The van der Waals surface area contributed by atoms with Crippen molar-refractivity contribution in [3.05, 3.63) is 59.3 Å². The van der Waals surface area contributed by atoms with Gasteiger partial charge >= 0.3 is 0 Å². The number of pyridine rings is 1. The van der Waals surface area contributed by atoms with Gasteiger partial charge in [0.2, 0.25) is 5.88 Å². The monoisotopic (exact) mass is 364 g/mol. The van der Waals surface area contributed by atoms with Gasteiger partial charge in [0.05, 0.1) is 17.8 Å². The zero-order valence-corrected chi connectivity index (χ0v) is 15.0. The maximum Gasteiger partial charge on any atom is 0.253 e. The molecule has 1 aromatic carbocycles. The van der Waals surface area contributed by atoms with Gasteiger partial charge in [-0.15, -0.1) is 0 Å². The molecule has 1 amide bonds. The van der Waals surface area contributed by atoms with Crippen molar-refractivity contribution in [2.75, 3.05) is 13.2 Å². The summed E-state index contributed by atoms with van der Waals surface area (Å²) in [5, 5.41) is 2.56. The molecule has 0 saturated heterocycles. The third-order valence-corrected chi connectivity index (χ3v) is 3.32. The molecule has 2 rings (SSSR count). The van der Waals surface area contributed by atoms with Gasteiger partial charge in [-0.3, -0.25) is 4.79 Å². The largest absolute Gasteiger partial charge is 0.475 e. The number of aromatic nitrogens is 1. The number of carbonyl (C=O) groups excluding carboxylic acids is 1. The highest BCUT2D eigenvalue weighted by Crippen LogP contribution is 2.11. The second-order valence-corrected chi connectivity index (χ2v) is 6.61. The number of hydrogen-bond acceptors (Lipinski definition) is 4. The second kappa shape index (κ2) is 8.71. The SMILES string of the molecule is CC(C)(C)OCCOc1ccc(C(=O)NCc2ccc(F)cc2F)cn1. The van der Waals surface area contributed by atoms with Crippen molar-refractivity contribution in [3.63, 3.8) is 0 Å². The third kappa shape index (κ3) is 6.40. The summed E-state index contributed by atoms with van der Waals surface area (Å²) in [5.41, 5.74) is 0.278. The van der Waals surface area contributed by atoms with Gasteiger partial charge < -0.3 is 14.8 Å². The minimum absolute atomic E-state index is 0.0483. The van der Waals surface area contributed by atoms with Crippen molar-refractivity contribution < 1.29 is 23.0 Å². The summed E-state index contributed by atoms with van der Waals surface area (Å²) in [7, 11) is 0. The Hall–Kier alpha value is -2.54. The quantitative estimate of drug-likeness (QED) is 0.764. The molecule has 0 unspecified atom stereocenters. The molecular formula is C19H22F2N2O3. The number of rotatable bonds is 7. The van der Waals surface area contributed by atoms with Gasteiger partial charge in [0, 0.05) is 30.4 Å². The molecule has 0 radical (unpaired) electrons. The Morgan fingerprint density at radius 2 is 1.92 bits per heavy atom. The van der Waals surface area contributed by atoms with Crippen LogP contribution in [0, 0.1) is 11.6 Å². The van der Waals surface area contributed by atoms with Crippen LogP contribution in [0.3, 0.4) is 0 Å². The smallest absolute Gasteiger partial charge is 0.253 e. The molecular weight excluding hydrogens is 342 g/mol. The number of amides is 1. The molecule has 7 heteroatoms. The molecule has 0 aliphatic heterocycles. The second-order valence-electron chi connectivity index (χ2n) is 6.61. The Morgan fingerprint density at radius 1 is 1.15 bits per heavy atom. The van der Waals surface area contributed by atoms with E-state index in [1.165, 1.54) is 12.3 Å². The van der Waals surface area contributed by atoms with Gasteiger partial charge in [-0.2, -0.15) is 0 Å². The molecule has 1 heterocycles. The molecule has 0 saturated carbocycles. The van der Waals surface area contributed by atoms with Crippen LogP contribution in [-0.2, 0) is 11.3 Å². The fourth-order valence-corrected chi connectivity index (χ4v) is 2.04. The van der Waals surface area contributed by atoms with Crippen molar-refractivity contribution in [1.82, 2.24) is 10.3 Å². The molecule has 26 heavy (non-hydrogen) atoms. The first-order valence-corrected chi connectivity index (χ1v) is 8.19. The lowest BCUT2D eigenvalue weighted by Gasteiger charge is -2.19. The average Bonchev–Trinajstić information content (AvgIpc) is 2.57. The number of nitrogens with zero attached hydrogens (tertiary/aromatic N) is 1. The van der Waals surface area contributed by atoms with Crippen LogP contribution in [0.4, 0.5) is 8.78 Å². The first kappa shape index (κ1) is 19.8. The number of carbonyl (C=O) groups is 1. The molecule has 0 aliphatic rings. The molecule has 0 bridgehead atoms. The lowest BCUT2D eigenvalue weighted by Crippen LogP contribution is -2.23. The van der Waals surface area contributed by atoms with Crippen LogP contribution in [0.5, 0.6) is 5.88 Å². The van der Waals surface area contributed by atoms with E-state index in [0.29, 0.717) is 24.7 Å². The summed E-state index contributed by atoms with van der Waals surface area (Å²) >= 11 is 0. The van der Waals surface area contributed by atoms with E-state index >= 15 is 0 Å². The van der Waals surface area contributed by atoms with E-state index in [-0.39, 0.29) is 17.7 Å². The van der Waals surface area contributed by atoms with E-state index in [9.17, 15) is 13.6 Å². The summed E-state index contributed by atoms with van der Waals surface area (Å²) in [6, 6.07) is 6.34. The lowest BCUT2D eigenvalue weighted by atomic mass is 10.2. The Morgan fingerprint density at radius 3 is 2.54 bits per heavy atom. The summed E-state index contributed by atoms with van der Waals surface area (Å²) in [5.74, 6) is -1.40. The predicted molar refractivity (Wildman–Crippen MR) is 93.0 cm³/mol. The Kier molecular flexibility index (Phi) is 6.63. The maximum atomic E-state index is 13.5. The van der Waals surface area contributed by atoms with E-state index in [1.54, 1.807) is 12.1 Å². The molecule has 1 aromatic heterocycles. The fourth-order valence-electron chi connectivity index (χ4n) is 2.04. The number of hydrogen-bond donors (Lipinski definition) is 1. The van der Waals surface area contributed by atoms with Gasteiger partial charge in [0.15, 0.2) is 0 Å². The molecule has 0 spiro atoms. The van der Waals surface area contributed by atoms with Crippen molar-refractivity contribution >= 4 is 5.91 Å².